The Morgan fingerprint density at radius 3 is 2.09 bits per heavy atom. The average molecular weight is 456 g/mol. The molecule has 0 aliphatic carbocycles. The number of carbonyl (C=O) groups excluding carboxylic acids is 3. The van der Waals surface area contributed by atoms with Gasteiger partial charge in [-0.2, -0.15) is 0 Å². The van der Waals surface area contributed by atoms with Crippen LogP contribution >= 0.6 is 0 Å². The summed E-state index contributed by atoms with van der Waals surface area (Å²) in [5, 5.41) is 0. The van der Waals surface area contributed by atoms with Gasteiger partial charge >= 0.3 is 5.97 Å². The molecule has 1 amide bonds. The third-order valence-electron chi connectivity index (χ3n) is 5.04. The predicted octanol–water partition coefficient (Wildman–Crippen LogP) is 2.49. The summed E-state index contributed by atoms with van der Waals surface area (Å²) in [6.45, 7) is 3.33. The van der Waals surface area contributed by atoms with Crippen LogP contribution in [0.2, 0.25) is 0 Å². The van der Waals surface area contributed by atoms with Gasteiger partial charge in [-0.1, -0.05) is 60.7 Å². The van der Waals surface area contributed by atoms with Crippen molar-refractivity contribution in [1.82, 2.24) is 4.90 Å². The quantitative estimate of drug-likeness (QED) is 0.509. The summed E-state index contributed by atoms with van der Waals surface area (Å²) in [6.07, 6.45) is -2.45. The summed E-state index contributed by atoms with van der Waals surface area (Å²) in [7, 11) is 1.22. The molecule has 0 unspecified atom stereocenters. The fourth-order valence-corrected chi connectivity index (χ4v) is 3.54. The maximum atomic E-state index is 13.4. The van der Waals surface area contributed by atoms with Gasteiger partial charge in [0.2, 0.25) is 0 Å². The molecule has 8 heteroatoms. The molecule has 0 N–H and O–H groups in total. The number of amides is 1. The Labute approximate surface area is 193 Å². The van der Waals surface area contributed by atoms with Gasteiger partial charge in [-0.25, -0.2) is 4.79 Å². The van der Waals surface area contributed by atoms with Gasteiger partial charge in [0.25, 0.3) is 5.91 Å². The van der Waals surface area contributed by atoms with Gasteiger partial charge in [-0.05, 0) is 25.0 Å². The zero-order chi connectivity index (χ0) is 23.8. The van der Waals surface area contributed by atoms with Crippen molar-refractivity contribution in [2.75, 3.05) is 20.3 Å². The normalized spacial score (nSPS) is 19.1. The fraction of sp³-hybridized carbons (Fsp3) is 0.400. The lowest BCUT2D eigenvalue weighted by molar-refractivity contribution is -0.169. The Balaban J connectivity index is 1.71. The van der Waals surface area contributed by atoms with Gasteiger partial charge in [0.15, 0.2) is 23.8 Å². The molecule has 0 saturated carbocycles. The zero-order valence-electron chi connectivity index (χ0n) is 19.1. The minimum absolute atomic E-state index is 0.151. The first-order valence-electron chi connectivity index (χ1n) is 10.7. The molecule has 0 spiro atoms. The standard InChI is InChI=1S/C25H29NO7/c1-25(2)32-21(22(33-25)24(29)30-3)23(28)26(14-18-10-6-4-7-11-18)15-20(27)17-31-16-19-12-8-5-9-13-19/h4-13,21-22H,14-17H2,1-3H3/t21-,22-/m1/s1. The van der Waals surface area contributed by atoms with E-state index < -0.39 is 29.9 Å². The van der Waals surface area contributed by atoms with Gasteiger partial charge in [-0.3, -0.25) is 9.59 Å². The molecule has 1 heterocycles. The highest BCUT2D eigenvalue weighted by Crippen LogP contribution is 2.30. The van der Waals surface area contributed by atoms with Gasteiger partial charge in [0, 0.05) is 6.54 Å². The van der Waals surface area contributed by atoms with E-state index in [0.717, 1.165) is 11.1 Å². The molecule has 0 bridgehead atoms. The molecule has 2 aromatic rings. The number of ketones is 1. The van der Waals surface area contributed by atoms with E-state index in [-0.39, 0.29) is 32.1 Å². The number of nitrogens with zero attached hydrogens (tertiary/aromatic N) is 1. The number of benzene rings is 2. The lowest BCUT2D eigenvalue weighted by Gasteiger charge is -2.26. The Morgan fingerprint density at radius 2 is 1.48 bits per heavy atom. The highest BCUT2D eigenvalue weighted by Gasteiger charge is 2.50. The smallest absolute Gasteiger partial charge is 0.338 e. The van der Waals surface area contributed by atoms with Crippen LogP contribution in [0.25, 0.3) is 0 Å². The second kappa shape index (κ2) is 11.2. The number of carbonyl (C=O) groups is 3. The van der Waals surface area contributed by atoms with Crippen LogP contribution in [0.4, 0.5) is 0 Å². The van der Waals surface area contributed by atoms with Gasteiger partial charge in [0.05, 0.1) is 20.3 Å². The first-order valence-corrected chi connectivity index (χ1v) is 10.7. The van der Waals surface area contributed by atoms with Crippen LogP contribution in [0.1, 0.15) is 25.0 Å². The monoisotopic (exact) mass is 455 g/mol. The SMILES string of the molecule is COC(=O)[C@@H]1OC(C)(C)O[C@H]1C(=O)N(CC(=O)COCc1ccccc1)Cc1ccccc1. The molecule has 1 fully saturated rings. The van der Waals surface area contributed by atoms with E-state index in [1.165, 1.54) is 12.0 Å². The minimum Gasteiger partial charge on any atom is -0.467 e. The molecule has 1 aliphatic rings. The molecule has 0 radical (unpaired) electrons. The van der Waals surface area contributed by atoms with E-state index in [9.17, 15) is 14.4 Å². The van der Waals surface area contributed by atoms with Crippen LogP contribution < -0.4 is 0 Å². The Morgan fingerprint density at radius 1 is 0.909 bits per heavy atom. The van der Waals surface area contributed by atoms with Crippen LogP contribution in [0, 0.1) is 0 Å². The molecule has 33 heavy (non-hydrogen) atoms. The molecule has 1 saturated heterocycles. The molecule has 1 aliphatic heterocycles. The molecule has 8 nitrogen and oxygen atoms in total. The second-order valence-corrected chi connectivity index (χ2v) is 8.20. The van der Waals surface area contributed by atoms with E-state index in [1.807, 2.05) is 60.7 Å². The molecule has 2 atom stereocenters. The van der Waals surface area contributed by atoms with E-state index in [2.05, 4.69) is 0 Å². The van der Waals surface area contributed by atoms with Crippen LogP contribution in [0.15, 0.2) is 60.7 Å². The van der Waals surface area contributed by atoms with Crippen molar-refractivity contribution < 1.29 is 33.3 Å². The van der Waals surface area contributed by atoms with Gasteiger partial charge in [-0.15, -0.1) is 0 Å². The molecule has 0 aromatic heterocycles. The Hall–Kier alpha value is -3.07. The van der Waals surface area contributed by atoms with Crippen LogP contribution in [0.3, 0.4) is 0 Å². The van der Waals surface area contributed by atoms with Crippen LogP contribution in [-0.2, 0) is 46.5 Å². The van der Waals surface area contributed by atoms with Crippen LogP contribution in [0.5, 0.6) is 0 Å². The molecular weight excluding hydrogens is 426 g/mol. The maximum absolute atomic E-state index is 13.4. The second-order valence-electron chi connectivity index (χ2n) is 8.20. The average Bonchev–Trinajstić information content (AvgIpc) is 3.14. The lowest BCUT2D eigenvalue weighted by Crippen LogP contribution is -2.48. The summed E-state index contributed by atoms with van der Waals surface area (Å²) in [4.78, 5) is 39.7. The summed E-state index contributed by atoms with van der Waals surface area (Å²) < 4.78 is 21.6. The lowest BCUT2D eigenvalue weighted by atomic mass is 10.1. The number of ether oxygens (including phenoxy) is 4. The van der Waals surface area contributed by atoms with Crippen molar-refractivity contribution in [2.45, 2.75) is 45.0 Å². The molecule has 176 valence electrons. The summed E-state index contributed by atoms with van der Waals surface area (Å²) in [5.41, 5.74) is 1.78. The number of Topliss-reactive ketones (excluding diaryl/α,β-unsaturated/α-hetero) is 1. The van der Waals surface area contributed by atoms with Gasteiger partial charge < -0.3 is 23.8 Å². The number of methoxy groups -OCH3 is 1. The van der Waals surface area contributed by atoms with E-state index in [4.69, 9.17) is 18.9 Å². The van der Waals surface area contributed by atoms with Crippen LogP contribution in [-0.4, -0.2) is 60.8 Å². The largest absolute Gasteiger partial charge is 0.467 e. The summed E-state index contributed by atoms with van der Waals surface area (Å²) in [5.74, 6) is -2.67. The highest BCUT2D eigenvalue weighted by atomic mass is 16.8. The highest BCUT2D eigenvalue weighted by molar-refractivity contribution is 5.92. The fourth-order valence-electron chi connectivity index (χ4n) is 3.54. The third kappa shape index (κ3) is 6.95. The maximum Gasteiger partial charge on any atom is 0.338 e. The summed E-state index contributed by atoms with van der Waals surface area (Å²) >= 11 is 0. The molecule has 2 aromatic carbocycles. The third-order valence-corrected chi connectivity index (χ3v) is 5.04. The zero-order valence-corrected chi connectivity index (χ0v) is 19.1. The summed E-state index contributed by atoms with van der Waals surface area (Å²) in [6, 6.07) is 18.8. The van der Waals surface area contributed by atoms with Crippen molar-refractivity contribution in [3.63, 3.8) is 0 Å². The first-order chi connectivity index (χ1) is 15.8. The van der Waals surface area contributed by atoms with E-state index in [0.29, 0.717) is 0 Å². The van der Waals surface area contributed by atoms with Crippen molar-refractivity contribution in [2.24, 2.45) is 0 Å². The number of esters is 1. The van der Waals surface area contributed by atoms with Crippen molar-refractivity contribution >= 4 is 17.7 Å². The number of hydrogen-bond acceptors (Lipinski definition) is 7. The van der Waals surface area contributed by atoms with Crippen molar-refractivity contribution in [3.05, 3.63) is 71.8 Å². The topological polar surface area (TPSA) is 91.4 Å². The number of rotatable bonds is 10. The number of hydrogen-bond donors (Lipinski definition) is 0. The van der Waals surface area contributed by atoms with E-state index in [1.54, 1.807) is 13.8 Å². The minimum atomic E-state index is -1.23. The predicted molar refractivity (Wildman–Crippen MR) is 119 cm³/mol. The van der Waals surface area contributed by atoms with Gasteiger partial charge in [0.1, 0.15) is 6.61 Å². The molecular formula is C25H29NO7. The van der Waals surface area contributed by atoms with Crippen molar-refractivity contribution in [3.8, 4) is 0 Å². The molecule has 3 rings (SSSR count). The Kier molecular flexibility index (Phi) is 8.32. The van der Waals surface area contributed by atoms with Crippen molar-refractivity contribution in [1.29, 1.82) is 0 Å². The van der Waals surface area contributed by atoms with E-state index >= 15 is 0 Å². The first kappa shape index (κ1) is 24.6. The Bertz CT molecular complexity index is 946.